The number of nitrogens with two attached hydrogens (primary N) is 1. The van der Waals surface area contributed by atoms with Crippen molar-refractivity contribution in [3.63, 3.8) is 0 Å². The fourth-order valence-corrected chi connectivity index (χ4v) is 1.44. The Bertz CT molecular complexity index is 475. The van der Waals surface area contributed by atoms with Gasteiger partial charge in [-0.3, -0.25) is 4.79 Å². The zero-order chi connectivity index (χ0) is 14.4. The quantitative estimate of drug-likeness (QED) is 0.763. The van der Waals surface area contributed by atoms with E-state index in [0.717, 1.165) is 12.5 Å². The first kappa shape index (κ1) is 14.9. The fraction of sp³-hybridized carbons (Fsp3) is 0.385. The molecular formula is C13H18FN3O2. The Balaban J connectivity index is 2.60. The van der Waals surface area contributed by atoms with Gasteiger partial charge in [0.2, 0.25) is 0 Å². The Morgan fingerprint density at radius 3 is 2.63 bits per heavy atom. The molecule has 4 N–H and O–H groups in total. The van der Waals surface area contributed by atoms with Crippen molar-refractivity contribution in [3.8, 4) is 0 Å². The summed E-state index contributed by atoms with van der Waals surface area (Å²) in [6, 6.07) is 3.26. The highest BCUT2D eigenvalue weighted by Crippen LogP contribution is 2.14. The maximum absolute atomic E-state index is 13.2. The summed E-state index contributed by atoms with van der Waals surface area (Å²) in [4.78, 5) is 22.5. The lowest BCUT2D eigenvalue weighted by atomic mass is 10.1. The zero-order valence-corrected chi connectivity index (χ0v) is 11.0. The molecule has 0 aromatic heterocycles. The Labute approximate surface area is 111 Å². The normalized spacial score (nSPS) is 10.3. The Morgan fingerprint density at radius 2 is 2.05 bits per heavy atom. The van der Waals surface area contributed by atoms with Crippen LogP contribution in [0.4, 0.5) is 14.9 Å². The van der Waals surface area contributed by atoms with Gasteiger partial charge in [-0.25, -0.2) is 9.18 Å². The van der Waals surface area contributed by atoms with Gasteiger partial charge < -0.3 is 16.4 Å². The molecule has 0 aliphatic heterocycles. The first-order valence-electron chi connectivity index (χ1n) is 6.04. The van der Waals surface area contributed by atoms with Gasteiger partial charge in [0.05, 0.1) is 5.56 Å². The minimum absolute atomic E-state index is 0.250. The van der Waals surface area contributed by atoms with E-state index in [-0.39, 0.29) is 5.56 Å². The molecule has 1 aromatic rings. The number of urea groups is 1. The first-order valence-corrected chi connectivity index (χ1v) is 6.04. The molecule has 5 nitrogen and oxygen atoms in total. The summed E-state index contributed by atoms with van der Waals surface area (Å²) in [7, 11) is 0. The largest absolute Gasteiger partial charge is 0.366 e. The van der Waals surface area contributed by atoms with Crippen LogP contribution in [0, 0.1) is 11.7 Å². The van der Waals surface area contributed by atoms with Crippen molar-refractivity contribution in [1.82, 2.24) is 5.32 Å². The molecule has 6 heteroatoms. The van der Waals surface area contributed by atoms with Crippen molar-refractivity contribution in [2.45, 2.75) is 20.3 Å². The lowest BCUT2D eigenvalue weighted by Crippen LogP contribution is -2.30. The van der Waals surface area contributed by atoms with Gasteiger partial charge in [0.15, 0.2) is 0 Å². The van der Waals surface area contributed by atoms with Crippen LogP contribution in [0.3, 0.4) is 0 Å². The van der Waals surface area contributed by atoms with E-state index in [1.165, 1.54) is 12.1 Å². The zero-order valence-electron chi connectivity index (χ0n) is 11.0. The molecule has 0 saturated carbocycles. The number of anilines is 1. The maximum Gasteiger partial charge on any atom is 0.319 e. The second-order valence-corrected chi connectivity index (χ2v) is 4.62. The van der Waals surface area contributed by atoms with Gasteiger partial charge in [-0.2, -0.15) is 0 Å². The average molecular weight is 267 g/mol. The van der Waals surface area contributed by atoms with Crippen molar-refractivity contribution < 1.29 is 14.0 Å². The molecule has 0 fully saturated rings. The number of primary amides is 1. The second-order valence-electron chi connectivity index (χ2n) is 4.62. The van der Waals surface area contributed by atoms with Crippen molar-refractivity contribution in [1.29, 1.82) is 0 Å². The molecule has 0 heterocycles. The molecule has 104 valence electrons. The number of carbonyl (C=O) groups is 2. The summed E-state index contributed by atoms with van der Waals surface area (Å²) < 4.78 is 13.2. The minimum atomic E-state index is -0.874. The van der Waals surface area contributed by atoms with E-state index < -0.39 is 17.8 Å². The number of carbonyl (C=O) groups excluding carboxylic acids is 2. The number of amides is 3. The monoisotopic (exact) mass is 267 g/mol. The molecule has 1 rings (SSSR count). The van der Waals surface area contributed by atoms with Crippen LogP contribution >= 0.6 is 0 Å². The van der Waals surface area contributed by atoms with Gasteiger partial charge in [0.1, 0.15) is 5.82 Å². The van der Waals surface area contributed by atoms with Crippen molar-refractivity contribution in [2.24, 2.45) is 11.7 Å². The Hall–Kier alpha value is -2.11. The molecule has 0 radical (unpaired) electrons. The van der Waals surface area contributed by atoms with Crippen LogP contribution in [0.1, 0.15) is 30.6 Å². The molecule has 0 aliphatic carbocycles. The lowest BCUT2D eigenvalue weighted by molar-refractivity contribution is 0.0996. The fourth-order valence-electron chi connectivity index (χ4n) is 1.44. The van der Waals surface area contributed by atoms with Gasteiger partial charge >= 0.3 is 6.03 Å². The molecule has 0 bridgehead atoms. The highest BCUT2D eigenvalue weighted by molar-refractivity contribution is 5.96. The molecular weight excluding hydrogens is 249 g/mol. The van der Waals surface area contributed by atoms with Crippen molar-refractivity contribution >= 4 is 17.6 Å². The number of halogens is 1. The van der Waals surface area contributed by atoms with Gasteiger partial charge in [0, 0.05) is 12.2 Å². The summed E-state index contributed by atoms with van der Waals surface area (Å²) in [6.07, 6.45) is 0.864. The van der Waals surface area contributed by atoms with Crippen LogP contribution < -0.4 is 16.4 Å². The molecule has 0 unspecified atom stereocenters. The summed E-state index contributed by atoms with van der Waals surface area (Å²) in [5, 5.41) is 5.18. The van der Waals surface area contributed by atoms with Crippen molar-refractivity contribution in [3.05, 3.63) is 29.6 Å². The van der Waals surface area contributed by atoms with Crippen LogP contribution in [0.25, 0.3) is 0 Å². The second kappa shape index (κ2) is 6.72. The van der Waals surface area contributed by atoms with E-state index in [1.807, 2.05) is 0 Å². The van der Waals surface area contributed by atoms with Crippen LogP contribution in [0.5, 0.6) is 0 Å². The molecule has 3 amide bonds. The topological polar surface area (TPSA) is 84.2 Å². The van der Waals surface area contributed by atoms with E-state index in [9.17, 15) is 14.0 Å². The third-order valence-corrected chi connectivity index (χ3v) is 2.50. The van der Waals surface area contributed by atoms with E-state index in [2.05, 4.69) is 24.5 Å². The van der Waals surface area contributed by atoms with Crippen LogP contribution in [0.2, 0.25) is 0 Å². The predicted molar refractivity (Wildman–Crippen MR) is 71.4 cm³/mol. The highest BCUT2D eigenvalue weighted by atomic mass is 19.1. The molecule has 19 heavy (non-hydrogen) atoms. The maximum atomic E-state index is 13.2. The van der Waals surface area contributed by atoms with E-state index >= 15 is 0 Å². The van der Waals surface area contributed by atoms with E-state index in [4.69, 9.17) is 5.73 Å². The standard InChI is InChI=1S/C13H18FN3O2/c1-8(2)5-6-16-13(19)17-9-3-4-11(14)10(7-9)12(15)18/h3-4,7-8H,5-6H2,1-2H3,(H2,15,18)(H2,16,17,19). The third-order valence-electron chi connectivity index (χ3n) is 2.50. The van der Waals surface area contributed by atoms with Gasteiger partial charge in [-0.05, 0) is 30.5 Å². The molecule has 0 spiro atoms. The number of hydrogen-bond donors (Lipinski definition) is 3. The SMILES string of the molecule is CC(C)CCNC(=O)Nc1ccc(F)c(C(N)=O)c1. The average Bonchev–Trinajstić information content (AvgIpc) is 2.30. The van der Waals surface area contributed by atoms with E-state index in [1.54, 1.807) is 0 Å². The van der Waals surface area contributed by atoms with Crippen LogP contribution in [-0.2, 0) is 0 Å². The third kappa shape index (κ3) is 4.95. The first-order chi connectivity index (χ1) is 8.90. The summed E-state index contributed by atoms with van der Waals surface area (Å²) in [5.74, 6) is -1.09. The number of rotatable bonds is 5. The minimum Gasteiger partial charge on any atom is -0.366 e. The summed E-state index contributed by atoms with van der Waals surface area (Å²) in [5.41, 5.74) is 5.09. The van der Waals surface area contributed by atoms with Crippen LogP contribution in [0.15, 0.2) is 18.2 Å². The van der Waals surface area contributed by atoms with E-state index in [0.29, 0.717) is 18.2 Å². The molecule has 0 aliphatic rings. The summed E-state index contributed by atoms with van der Waals surface area (Å²) in [6.45, 7) is 4.66. The summed E-state index contributed by atoms with van der Waals surface area (Å²) >= 11 is 0. The number of hydrogen-bond acceptors (Lipinski definition) is 2. The highest BCUT2D eigenvalue weighted by Gasteiger charge is 2.10. The molecule has 1 aromatic carbocycles. The van der Waals surface area contributed by atoms with Gasteiger partial charge in [0.25, 0.3) is 5.91 Å². The Kier molecular flexibility index (Phi) is 5.29. The predicted octanol–water partition coefficient (Wildman–Crippen LogP) is 2.09. The number of nitrogens with one attached hydrogen (secondary N) is 2. The Morgan fingerprint density at radius 1 is 1.37 bits per heavy atom. The van der Waals surface area contributed by atoms with Crippen molar-refractivity contribution in [2.75, 3.05) is 11.9 Å². The van der Waals surface area contributed by atoms with Crippen LogP contribution in [-0.4, -0.2) is 18.5 Å². The number of benzene rings is 1. The smallest absolute Gasteiger partial charge is 0.319 e. The van der Waals surface area contributed by atoms with Gasteiger partial charge in [-0.15, -0.1) is 0 Å². The molecule has 0 saturated heterocycles. The molecule has 0 atom stereocenters. The lowest BCUT2D eigenvalue weighted by Gasteiger charge is -2.09. The van der Waals surface area contributed by atoms with Gasteiger partial charge in [-0.1, -0.05) is 13.8 Å².